The Bertz CT molecular complexity index is 343. The molecule has 0 rings (SSSR count). The summed E-state index contributed by atoms with van der Waals surface area (Å²) in [6.07, 6.45) is -0.00887. The van der Waals surface area contributed by atoms with Gasteiger partial charge in [0.1, 0.15) is 0 Å². The van der Waals surface area contributed by atoms with Crippen molar-refractivity contribution in [2.24, 2.45) is 22.7 Å². The zero-order valence-corrected chi connectivity index (χ0v) is 14.6. The van der Waals surface area contributed by atoms with E-state index in [0.29, 0.717) is 6.42 Å². The predicted octanol–water partition coefficient (Wildman–Crippen LogP) is 3.26. The highest BCUT2D eigenvalue weighted by molar-refractivity contribution is 5.73. The number of hydrogen-bond donors (Lipinski definition) is 3. The zero-order chi connectivity index (χ0) is 17.6. The molecule has 0 aliphatic rings. The molecule has 0 bridgehead atoms. The van der Waals surface area contributed by atoms with E-state index in [1.54, 1.807) is 27.7 Å². The van der Waals surface area contributed by atoms with Gasteiger partial charge >= 0.3 is 11.9 Å². The minimum atomic E-state index is -0.813. The number of aliphatic carboxylic acids is 2. The Morgan fingerprint density at radius 1 is 0.952 bits per heavy atom. The lowest BCUT2D eigenvalue weighted by atomic mass is 9.70. The standard InChI is InChI=1S/C12H24O3.C4H8O2/c1-8(2)9(13)11(3,4)7-12(5,6)10(14)15;1-3(2)4(5)6/h8-9,13H,7H2,1-6H3,(H,14,15);3H,1-2H3,(H,5,6). The van der Waals surface area contributed by atoms with Crippen LogP contribution in [0.25, 0.3) is 0 Å². The van der Waals surface area contributed by atoms with Crippen molar-refractivity contribution in [3.05, 3.63) is 0 Å². The van der Waals surface area contributed by atoms with Gasteiger partial charge in [0.05, 0.1) is 17.4 Å². The Morgan fingerprint density at radius 2 is 1.29 bits per heavy atom. The lowest BCUT2D eigenvalue weighted by Gasteiger charge is -2.37. The summed E-state index contributed by atoms with van der Waals surface area (Å²) in [4.78, 5) is 20.7. The molecule has 0 radical (unpaired) electrons. The van der Waals surface area contributed by atoms with Crippen LogP contribution in [-0.2, 0) is 9.59 Å². The van der Waals surface area contributed by atoms with Crippen LogP contribution in [0.3, 0.4) is 0 Å². The van der Waals surface area contributed by atoms with E-state index in [-0.39, 0.29) is 17.3 Å². The van der Waals surface area contributed by atoms with Crippen LogP contribution in [0.5, 0.6) is 0 Å². The second-order valence-electron chi connectivity index (χ2n) is 7.54. The van der Waals surface area contributed by atoms with Crippen LogP contribution in [0, 0.1) is 22.7 Å². The molecule has 1 atom stereocenters. The molecule has 0 aliphatic carbocycles. The number of carboxylic acids is 2. The van der Waals surface area contributed by atoms with Gasteiger partial charge in [0.2, 0.25) is 0 Å². The van der Waals surface area contributed by atoms with Crippen molar-refractivity contribution in [1.82, 2.24) is 0 Å². The third-order valence-corrected chi connectivity index (χ3v) is 3.40. The quantitative estimate of drug-likeness (QED) is 0.700. The zero-order valence-electron chi connectivity index (χ0n) is 14.6. The van der Waals surface area contributed by atoms with E-state index in [2.05, 4.69) is 0 Å². The molecule has 0 aromatic heterocycles. The lowest BCUT2D eigenvalue weighted by Crippen LogP contribution is -2.39. The summed E-state index contributed by atoms with van der Waals surface area (Å²) in [6, 6.07) is 0. The molecule has 0 amide bonds. The van der Waals surface area contributed by atoms with Crippen LogP contribution < -0.4 is 0 Å². The molecule has 5 nitrogen and oxygen atoms in total. The summed E-state index contributed by atoms with van der Waals surface area (Å²) in [5, 5.41) is 27.0. The summed E-state index contributed by atoms with van der Waals surface area (Å²) in [7, 11) is 0. The number of carboxylic acid groups (broad SMARTS) is 2. The highest BCUT2D eigenvalue weighted by Crippen LogP contribution is 2.38. The Kier molecular flexibility index (Phi) is 8.84. The van der Waals surface area contributed by atoms with Gasteiger partial charge in [0.25, 0.3) is 0 Å². The lowest BCUT2D eigenvalue weighted by molar-refractivity contribution is -0.150. The van der Waals surface area contributed by atoms with Gasteiger partial charge in [-0.15, -0.1) is 0 Å². The molecule has 0 saturated carbocycles. The molecule has 21 heavy (non-hydrogen) atoms. The average molecular weight is 304 g/mol. The second kappa shape index (κ2) is 8.37. The molecule has 1 unspecified atom stereocenters. The van der Waals surface area contributed by atoms with Gasteiger partial charge in [-0.05, 0) is 31.6 Å². The first-order valence-electron chi connectivity index (χ1n) is 7.29. The van der Waals surface area contributed by atoms with Gasteiger partial charge in [-0.25, -0.2) is 0 Å². The monoisotopic (exact) mass is 304 g/mol. The molecule has 0 spiro atoms. The number of carbonyl (C=O) groups is 2. The third-order valence-electron chi connectivity index (χ3n) is 3.40. The molecular weight excluding hydrogens is 272 g/mol. The highest BCUT2D eigenvalue weighted by Gasteiger charge is 2.39. The molecule has 3 N–H and O–H groups in total. The van der Waals surface area contributed by atoms with Gasteiger partial charge in [0, 0.05) is 0 Å². The maximum atomic E-state index is 11.0. The number of rotatable bonds is 6. The van der Waals surface area contributed by atoms with Gasteiger partial charge in [-0.2, -0.15) is 0 Å². The van der Waals surface area contributed by atoms with Crippen LogP contribution in [0.2, 0.25) is 0 Å². The molecule has 0 fully saturated rings. The van der Waals surface area contributed by atoms with Crippen molar-refractivity contribution in [1.29, 1.82) is 0 Å². The van der Waals surface area contributed by atoms with Gasteiger partial charge < -0.3 is 15.3 Å². The Morgan fingerprint density at radius 3 is 1.48 bits per heavy atom. The van der Waals surface area contributed by atoms with Gasteiger partial charge in [-0.1, -0.05) is 41.5 Å². The van der Waals surface area contributed by atoms with E-state index in [1.807, 2.05) is 27.7 Å². The number of aliphatic hydroxyl groups excluding tert-OH is 1. The van der Waals surface area contributed by atoms with Crippen molar-refractivity contribution in [2.75, 3.05) is 0 Å². The number of aliphatic hydroxyl groups is 1. The fourth-order valence-electron chi connectivity index (χ4n) is 2.22. The van der Waals surface area contributed by atoms with Crippen LogP contribution >= 0.6 is 0 Å². The maximum Gasteiger partial charge on any atom is 0.309 e. The molecular formula is C16H32O5. The molecule has 5 heteroatoms. The summed E-state index contributed by atoms with van der Waals surface area (Å²) in [5.41, 5.74) is -1.17. The summed E-state index contributed by atoms with van der Waals surface area (Å²) in [5.74, 6) is -1.64. The summed E-state index contributed by atoms with van der Waals surface area (Å²) >= 11 is 0. The number of hydrogen-bond acceptors (Lipinski definition) is 3. The minimum absolute atomic E-state index is 0.143. The van der Waals surface area contributed by atoms with E-state index in [1.165, 1.54) is 0 Å². The molecule has 0 aromatic rings. The van der Waals surface area contributed by atoms with Crippen LogP contribution in [0.4, 0.5) is 0 Å². The van der Waals surface area contributed by atoms with Gasteiger partial charge in [0.15, 0.2) is 0 Å². The Hall–Kier alpha value is -1.10. The predicted molar refractivity (Wildman–Crippen MR) is 83.1 cm³/mol. The van der Waals surface area contributed by atoms with Gasteiger partial charge in [-0.3, -0.25) is 9.59 Å². The fourth-order valence-corrected chi connectivity index (χ4v) is 2.22. The van der Waals surface area contributed by atoms with Crippen LogP contribution in [-0.4, -0.2) is 33.4 Å². The van der Waals surface area contributed by atoms with Crippen molar-refractivity contribution in [3.8, 4) is 0 Å². The first-order chi connectivity index (χ1) is 9.15. The molecule has 0 heterocycles. The van der Waals surface area contributed by atoms with Crippen molar-refractivity contribution in [2.45, 2.75) is 67.9 Å². The van der Waals surface area contributed by atoms with E-state index in [4.69, 9.17) is 10.2 Å². The molecule has 0 aromatic carbocycles. The Balaban J connectivity index is 0. The van der Waals surface area contributed by atoms with E-state index in [0.717, 1.165) is 0 Å². The van der Waals surface area contributed by atoms with E-state index < -0.39 is 23.5 Å². The topological polar surface area (TPSA) is 94.8 Å². The first kappa shape index (κ1) is 22.2. The van der Waals surface area contributed by atoms with Crippen molar-refractivity contribution < 1.29 is 24.9 Å². The molecule has 126 valence electrons. The van der Waals surface area contributed by atoms with Crippen molar-refractivity contribution >= 4 is 11.9 Å². The fraction of sp³-hybridized carbons (Fsp3) is 0.875. The summed E-state index contributed by atoms with van der Waals surface area (Å²) < 4.78 is 0. The van der Waals surface area contributed by atoms with Crippen LogP contribution in [0.1, 0.15) is 61.8 Å². The first-order valence-corrected chi connectivity index (χ1v) is 7.29. The molecule has 0 aliphatic heterocycles. The Labute approximate surface area is 128 Å². The van der Waals surface area contributed by atoms with E-state index in [9.17, 15) is 14.7 Å². The normalized spacial score (nSPS) is 13.7. The van der Waals surface area contributed by atoms with Crippen LogP contribution in [0.15, 0.2) is 0 Å². The van der Waals surface area contributed by atoms with E-state index >= 15 is 0 Å². The smallest absolute Gasteiger partial charge is 0.309 e. The second-order valence-corrected chi connectivity index (χ2v) is 7.54. The maximum absolute atomic E-state index is 11.0. The summed E-state index contributed by atoms with van der Waals surface area (Å²) in [6.45, 7) is 14.4. The largest absolute Gasteiger partial charge is 0.481 e. The third kappa shape index (κ3) is 8.71. The minimum Gasteiger partial charge on any atom is -0.481 e. The average Bonchev–Trinajstić information content (AvgIpc) is 2.26. The SMILES string of the molecule is CC(C)C(=O)O.CC(C)C(O)C(C)(C)CC(C)(C)C(=O)O. The van der Waals surface area contributed by atoms with Crippen molar-refractivity contribution in [3.63, 3.8) is 0 Å². The highest BCUT2D eigenvalue weighted by atomic mass is 16.4. The molecule has 0 saturated heterocycles.